The number of hydrogen-bond acceptors (Lipinski definition) is 4. The zero-order valence-corrected chi connectivity index (χ0v) is 20.0. The van der Waals surface area contributed by atoms with Gasteiger partial charge in [-0.2, -0.15) is 0 Å². The van der Waals surface area contributed by atoms with Gasteiger partial charge in [0, 0.05) is 36.1 Å². The second-order valence-electron chi connectivity index (χ2n) is 10.0. The van der Waals surface area contributed by atoms with Crippen LogP contribution < -0.4 is 9.80 Å². The number of ether oxygens (including phenoxy) is 1. The predicted molar refractivity (Wildman–Crippen MR) is 132 cm³/mol. The molecule has 4 rings (SSSR count). The van der Waals surface area contributed by atoms with Crippen LogP contribution >= 0.6 is 0 Å². The monoisotopic (exact) mass is 433 g/mol. The van der Waals surface area contributed by atoms with E-state index in [1.807, 2.05) is 29.2 Å². The minimum absolute atomic E-state index is 0.0813. The molecule has 2 aliphatic heterocycles. The van der Waals surface area contributed by atoms with Gasteiger partial charge in [0.1, 0.15) is 6.61 Å². The number of carbonyl (C=O) groups excluding carboxylic acids is 1. The van der Waals surface area contributed by atoms with Crippen molar-refractivity contribution in [2.75, 3.05) is 50.1 Å². The van der Waals surface area contributed by atoms with Gasteiger partial charge in [0.25, 0.3) is 5.91 Å². The molecule has 0 aromatic heterocycles. The van der Waals surface area contributed by atoms with E-state index in [0.717, 1.165) is 36.4 Å². The highest BCUT2D eigenvalue weighted by Crippen LogP contribution is 2.30. The average molecular weight is 434 g/mol. The van der Waals surface area contributed by atoms with Gasteiger partial charge in [-0.25, -0.2) is 0 Å². The summed E-state index contributed by atoms with van der Waals surface area (Å²) >= 11 is 0. The number of anilines is 2. The lowest BCUT2D eigenvalue weighted by molar-refractivity contribution is -0.120. The lowest BCUT2D eigenvalue weighted by Crippen LogP contribution is -2.40. The number of rotatable bonds is 4. The van der Waals surface area contributed by atoms with E-state index in [-0.39, 0.29) is 11.3 Å². The van der Waals surface area contributed by atoms with E-state index in [1.54, 1.807) is 0 Å². The lowest BCUT2D eigenvalue weighted by atomic mass is 9.87. The third kappa shape index (κ3) is 4.68. The smallest absolute Gasteiger partial charge is 0.293 e. The summed E-state index contributed by atoms with van der Waals surface area (Å²) in [5.41, 5.74) is 4.45. The van der Waals surface area contributed by atoms with Gasteiger partial charge in [0.2, 0.25) is 0 Å². The topological polar surface area (TPSA) is 36.0 Å². The minimum Gasteiger partial charge on any atom is -0.486 e. The molecule has 2 aromatic carbocycles. The second kappa shape index (κ2) is 8.99. The van der Waals surface area contributed by atoms with Gasteiger partial charge in [0.05, 0.1) is 6.54 Å². The van der Waals surface area contributed by atoms with Gasteiger partial charge in [-0.1, -0.05) is 51.1 Å². The van der Waals surface area contributed by atoms with E-state index in [0.29, 0.717) is 25.0 Å². The molecule has 2 saturated heterocycles. The van der Waals surface area contributed by atoms with Crippen LogP contribution in [0.3, 0.4) is 0 Å². The molecule has 2 heterocycles. The van der Waals surface area contributed by atoms with Crippen LogP contribution in [0.4, 0.5) is 11.4 Å². The third-order valence-electron chi connectivity index (χ3n) is 6.53. The Balaban J connectivity index is 1.57. The molecule has 5 nitrogen and oxygen atoms in total. The molecule has 0 spiro atoms. The maximum absolute atomic E-state index is 13.3. The Morgan fingerprint density at radius 1 is 1.03 bits per heavy atom. The van der Waals surface area contributed by atoms with Crippen LogP contribution in [-0.2, 0) is 14.9 Å². The van der Waals surface area contributed by atoms with E-state index in [1.165, 1.54) is 5.56 Å². The number of nitrogens with zero attached hydrogens (tertiary/aromatic N) is 3. The Hall–Kier alpha value is -2.79. The van der Waals surface area contributed by atoms with Gasteiger partial charge < -0.3 is 19.4 Å². The maximum atomic E-state index is 13.3. The molecular weight excluding hydrogens is 398 g/mol. The molecule has 0 unspecified atom stereocenters. The summed E-state index contributed by atoms with van der Waals surface area (Å²) in [7, 11) is 4.28. The summed E-state index contributed by atoms with van der Waals surface area (Å²) in [5, 5.41) is 0. The average Bonchev–Trinajstić information content (AvgIpc) is 3.26. The number of amides is 1. The first-order chi connectivity index (χ1) is 15.2. The van der Waals surface area contributed by atoms with Crippen LogP contribution in [0.15, 0.2) is 54.3 Å². The van der Waals surface area contributed by atoms with E-state index in [4.69, 9.17) is 4.74 Å². The number of benzene rings is 2. The number of hydrogen-bond donors (Lipinski definition) is 0. The van der Waals surface area contributed by atoms with Gasteiger partial charge in [-0.15, -0.1) is 0 Å². The third-order valence-corrected chi connectivity index (χ3v) is 6.53. The standard InChI is InChI=1S/C27H35N3O2/c1-27(2,3)21-10-12-22(13-11-21)30-16-17-32-25(26(30)31)18-20-8-6-7-9-24(20)29-15-14-23(19-29)28(4)5/h6-13,18,23H,14-17,19H2,1-5H3/t23-/m1/s1. The van der Waals surface area contributed by atoms with Gasteiger partial charge >= 0.3 is 0 Å². The molecule has 2 aromatic rings. The van der Waals surface area contributed by atoms with Crippen molar-refractivity contribution in [2.24, 2.45) is 0 Å². The summed E-state index contributed by atoms with van der Waals surface area (Å²) < 4.78 is 5.84. The van der Waals surface area contributed by atoms with Crippen molar-refractivity contribution in [2.45, 2.75) is 38.6 Å². The quantitative estimate of drug-likeness (QED) is 0.664. The van der Waals surface area contributed by atoms with Crippen molar-refractivity contribution in [3.05, 3.63) is 65.4 Å². The number of carbonyl (C=O) groups is 1. The molecule has 2 aliphatic rings. The van der Waals surface area contributed by atoms with Crippen LogP contribution in [0.1, 0.15) is 38.3 Å². The summed E-state index contributed by atoms with van der Waals surface area (Å²) in [5.74, 6) is 0.328. The summed E-state index contributed by atoms with van der Waals surface area (Å²) in [6.45, 7) is 9.65. The van der Waals surface area contributed by atoms with Crippen LogP contribution in [-0.4, -0.2) is 57.2 Å². The Morgan fingerprint density at radius 2 is 1.75 bits per heavy atom. The number of likely N-dealkylation sites (N-methyl/N-ethyl adjacent to an activating group) is 1. The van der Waals surface area contributed by atoms with Crippen molar-refractivity contribution in [3.8, 4) is 0 Å². The van der Waals surface area contributed by atoms with Crippen molar-refractivity contribution in [1.82, 2.24) is 4.90 Å². The Bertz CT molecular complexity index is 989. The van der Waals surface area contributed by atoms with E-state index < -0.39 is 0 Å². The minimum atomic E-state index is -0.0813. The predicted octanol–water partition coefficient (Wildman–Crippen LogP) is 4.53. The van der Waals surface area contributed by atoms with Crippen molar-refractivity contribution in [1.29, 1.82) is 0 Å². The van der Waals surface area contributed by atoms with Crippen molar-refractivity contribution < 1.29 is 9.53 Å². The van der Waals surface area contributed by atoms with E-state index >= 15 is 0 Å². The largest absolute Gasteiger partial charge is 0.486 e. The lowest BCUT2D eigenvalue weighted by Gasteiger charge is -2.30. The molecule has 5 heteroatoms. The van der Waals surface area contributed by atoms with Gasteiger partial charge in [-0.05, 0) is 55.8 Å². The SMILES string of the molecule is CN(C)[C@@H]1CCN(c2ccccc2C=C2OCCN(c3ccc(C(C)(C)C)cc3)C2=O)C1. The summed E-state index contributed by atoms with van der Waals surface area (Å²) in [6.07, 6.45) is 3.06. The highest BCUT2D eigenvalue weighted by Gasteiger charge is 2.28. The van der Waals surface area contributed by atoms with Crippen LogP contribution in [0.25, 0.3) is 6.08 Å². The Labute approximate surface area is 192 Å². The molecule has 0 bridgehead atoms. The van der Waals surface area contributed by atoms with Crippen molar-refractivity contribution >= 4 is 23.4 Å². The van der Waals surface area contributed by atoms with Crippen LogP contribution in [0.2, 0.25) is 0 Å². The molecule has 0 saturated carbocycles. The van der Waals surface area contributed by atoms with Gasteiger partial charge in [0.15, 0.2) is 5.76 Å². The van der Waals surface area contributed by atoms with E-state index in [2.05, 4.69) is 75.0 Å². The molecule has 2 fully saturated rings. The Morgan fingerprint density at radius 3 is 2.41 bits per heavy atom. The first-order valence-electron chi connectivity index (χ1n) is 11.5. The fourth-order valence-electron chi connectivity index (χ4n) is 4.46. The summed E-state index contributed by atoms with van der Waals surface area (Å²) in [4.78, 5) is 19.8. The normalized spacial score (nSPS) is 20.9. The van der Waals surface area contributed by atoms with Crippen LogP contribution in [0, 0.1) is 0 Å². The van der Waals surface area contributed by atoms with Gasteiger partial charge in [-0.3, -0.25) is 4.79 Å². The first kappa shape index (κ1) is 22.4. The molecule has 170 valence electrons. The first-order valence-corrected chi connectivity index (χ1v) is 11.5. The fourth-order valence-corrected chi connectivity index (χ4v) is 4.46. The highest BCUT2D eigenvalue weighted by molar-refractivity contribution is 6.07. The second-order valence-corrected chi connectivity index (χ2v) is 10.0. The zero-order chi connectivity index (χ0) is 22.9. The summed E-state index contributed by atoms with van der Waals surface area (Å²) in [6, 6.07) is 17.2. The molecule has 0 N–H and O–H groups in total. The molecule has 32 heavy (non-hydrogen) atoms. The van der Waals surface area contributed by atoms with Crippen molar-refractivity contribution in [3.63, 3.8) is 0 Å². The molecule has 0 radical (unpaired) electrons. The molecule has 1 atom stereocenters. The Kier molecular flexibility index (Phi) is 6.29. The molecule has 1 amide bonds. The molecular formula is C27H35N3O2. The number of morpholine rings is 1. The fraction of sp³-hybridized carbons (Fsp3) is 0.444. The van der Waals surface area contributed by atoms with E-state index in [9.17, 15) is 4.79 Å². The highest BCUT2D eigenvalue weighted by atomic mass is 16.5. The van der Waals surface area contributed by atoms with Crippen LogP contribution in [0.5, 0.6) is 0 Å². The zero-order valence-electron chi connectivity index (χ0n) is 20.0. The maximum Gasteiger partial charge on any atom is 0.293 e. The molecule has 0 aliphatic carbocycles. The number of para-hydroxylation sites is 1.